The molecule has 0 aliphatic heterocycles. The third-order valence-electron chi connectivity index (χ3n) is 1.65. The maximum Gasteiger partial charge on any atom is 0.0947 e. The first kappa shape index (κ1) is 9.29. The molecule has 1 atom stereocenters. The topological polar surface area (TPSA) is 45.4 Å². The molecule has 0 saturated heterocycles. The first-order valence-corrected chi connectivity index (χ1v) is 4.19. The summed E-state index contributed by atoms with van der Waals surface area (Å²) in [4.78, 5) is 0. The largest absolute Gasteiger partial charge is 0.472 e. The zero-order valence-corrected chi connectivity index (χ0v) is 7.29. The summed E-state index contributed by atoms with van der Waals surface area (Å²) in [7, 11) is 0. The summed E-state index contributed by atoms with van der Waals surface area (Å²) < 4.78 is 4.90. The van der Waals surface area contributed by atoms with Gasteiger partial charge in [0.1, 0.15) is 0 Å². The molecule has 0 spiro atoms. The van der Waals surface area contributed by atoms with Crippen molar-refractivity contribution in [1.29, 1.82) is 0 Å². The van der Waals surface area contributed by atoms with E-state index in [1.54, 1.807) is 19.5 Å². The fourth-order valence-electron chi connectivity index (χ4n) is 0.937. The summed E-state index contributed by atoms with van der Waals surface area (Å²) in [5.41, 5.74) is 1.14. The van der Waals surface area contributed by atoms with Gasteiger partial charge in [0, 0.05) is 12.1 Å². The summed E-state index contributed by atoms with van der Waals surface area (Å²) in [5, 5.41) is 12.2. The van der Waals surface area contributed by atoms with Crippen LogP contribution in [0.15, 0.2) is 23.0 Å². The number of nitrogens with one attached hydrogen (secondary N) is 1. The molecular formula is C9H15NO2. The molecule has 1 rings (SSSR count). The second-order valence-corrected chi connectivity index (χ2v) is 2.95. The molecule has 0 radical (unpaired) electrons. The van der Waals surface area contributed by atoms with E-state index in [0.29, 0.717) is 0 Å². The molecule has 1 heterocycles. The van der Waals surface area contributed by atoms with E-state index in [0.717, 1.165) is 25.1 Å². The van der Waals surface area contributed by atoms with Crippen molar-refractivity contribution in [3.8, 4) is 0 Å². The molecule has 0 aliphatic carbocycles. The van der Waals surface area contributed by atoms with Crippen molar-refractivity contribution in [3.63, 3.8) is 0 Å². The molecular weight excluding hydrogens is 154 g/mol. The molecule has 0 aliphatic rings. The van der Waals surface area contributed by atoms with Gasteiger partial charge in [-0.05, 0) is 26.0 Å². The second-order valence-electron chi connectivity index (χ2n) is 2.95. The Bertz CT molecular complexity index is 194. The third kappa shape index (κ3) is 3.55. The molecule has 1 aromatic rings. The molecule has 0 bridgehead atoms. The first-order chi connectivity index (χ1) is 5.79. The fraction of sp³-hybridized carbons (Fsp3) is 0.556. The lowest BCUT2D eigenvalue weighted by molar-refractivity contribution is 0.183. The highest BCUT2D eigenvalue weighted by Gasteiger charge is 1.95. The van der Waals surface area contributed by atoms with Crippen molar-refractivity contribution < 1.29 is 9.52 Å². The minimum Gasteiger partial charge on any atom is -0.472 e. The van der Waals surface area contributed by atoms with Crippen LogP contribution in [-0.2, 0) is 6.54 Å². The molecule has 0 amide bonds. The summed E-state index contributed by atoms with van der Waals surface area (Å²) in [6.07, 6.45) is 3.95. The van der Waals surface area contributed by atoms with E-state index in [-0.39, 0.29) is 6.10 Å². The molecule has 68 valence electrons. The maximum atomic E-state index is 8.95. The lowest BCUT2D eigenvalue weighted by atomic mass is 10.3. The van der Waals surface area contributed by atoms with Gasteiger partial charge in [-0.2, -0.15) is 0 Å². The van der Waals surface area contributed by atoms with E-state index in [1.165, 1.54) is 0 Å². The van der Waals surface area contributed by atoms with Crippen molar-refractivity contribution in [3.05, 3.63) is 24.2 Å². The number of hydrogen-bond acceptors (Lipinski definition) is 3. The number of furan rings is 1. The van der Waals surface area contributed by atoms with Crippen LogP contribution >= 0.6 is 0 Å². The Balaban J connectivity index is 2.04. The van der Waals surface area contributed by atoms with Gasteiger partial charge < -0.3 is 14.8 Å². The van der Waals surface area contributed by atoms with E-state index >= 15 is 0 Å². The average molecular weight is 169 g/mol. The zero-order valence-electron chi connectivity index (χ0n) is 7.29. The highest BCUT2D eigenvalue weighted by molar-refractivity contribution is 5.04. The van der Waals surface area contributed by atoms with Crippen molar-refractivity contribution in [2.75, 3.05) is 6.54 Å². The molecule has 2 N–H and O–H groups in total. The van der Waals surface area contributed by atoms with Crippen molar-refractivity contribution in [2.45, 2.75) is 26.0 Å². The minimum atomic E-state index is -0.221. The standard InChI is InChI=1S/C9H15NO2/c1-8(11)2-4-10-6-9-3-5-12-7-9/h3,5,7-8,10-11H,2,4,6H2,1H3. The highest BCUT2D eigenvalue weighted by atomic mass is 16.3. The Morgan fingerprint density at radius 1 is 1.67 bits per heavy atom. The maximum absolute atomic E-state index is 8.95. The predicted octanol–water partition coefficient (Wildman–Crippen LogP) is 1.14. The van der Waals surface area contributed by atoms with E-state index in [9.17, 15) is 0 Å². The van der Waals surface area contributed by atoms with Crippen molar-refractivity contribution in [1.82, 2.24) is 5.32 Å². The van der Waals surface area contributed by atoms with Crippen LogP contribution < -0.4 is 5.32 Å². The average Bonchev–Trinajstić information content (AvgIpc) is 2.49. The van der Waals surface area contributed by atoms with E-state index in [2.05, 4.69) is 5.32 Å². The Morgan fingerprint density at radius 2 is 2.50 bits per heavy atom. The Kier molecular flexibility index (Phi) is 3.84. The van der Waals surface area contributed by atoms with E-state index in [1.807, 2.05) is 6.07 Å². The van der Waals surface area contributed by atoms with Crippen LogP contribution in [0, 0.1) is 0 Å². The van der Waals surface area contributed by atoms with Gasteiger partial charge in [0.05, 0.1) is 18.6 Å². The first-order valence-electron chi connectivity index (χ1n) is 4.19. The van der Waals surface area contributed by atoms with Crippen LogP contribution in [-0.4, -0.2) is 17.8 Å². The van der Waals surface area contributed by atoms with Crippen LogP contribution in [0.5, 0.6) is 0 Å². The summed E-state index contributed by atoms with van der Waals surface area (Å²) in [5.74, 6) is 0. The van der Waals surface area contributed by atoms with Gasteiger partial charge in [0.25, 0.3) is 0 Å². The molecule has 0 saturated carbocycles. The van der Waals surface area contributed by atoms with Gasteiger partial charge in [0.15, 0.2) is 0 Å². The van der Waals surface area contributed by atoms with Gasteiger partial charge >= 0.3 is 0 Å². The Labute approximate surface area is 72.4 Å². The third-order valence-corrected chi connectivity index (χ3v) is 1.65. The van der Waals surface area contributed by atoms with Crippen LogP contribution in [0.1, 0.15) is 18.9 Å². The lowest BCUT2D eigenvalue weighted by Gasteiger charge is -2.04. The van der Waals surface area contributed by atoms with Crippen molar-refractivity contribution >= 4 is 0 Å². The molecule has 3 nitrogen and oxygen atoms in total. The van der Waals surface area contributed by atoms with Crippen molar-refractivity contribution in [2.24, 2.45) is 0 Å². The Hall–Kier alpha value is -0.800. The highest BCUT2D eigenvalue weighted by Crippen LogP contribution is 1.98. The molecule has 12 heavy (non-hydrogen) atoms. The smallest absolute Gasteiger partial charge is 0.0947 e. The van der Waals surface area contributed by atoms with Gasteiger partial charge in [-0.1, -0.05) is 0 Å². The molecule has 0 aromatic carbocycles. The normalized spacial score (nSPS) is 13.2. The SMILES string of the molecule is CC(O)CCNCc1ccoc1. The monoisotopic (exact) mass is 169 g/mol. The molecule has 1 unspecified atom stereocenters. The fourth-order valence-corrected chi connectivity index (χ4v) is 0.937. The minimum absolute atomic E-state index is 0.221. The molecule has 1 aromatic heterocycles. The van der Waals surface area contributed by atoms with Gasteiger partial charge in [-0.25, -0.2) is 0 Å². The van der Waals surface area contributed by atoms with E-state index in [4.69, 9.17) is 9.52 Å². The van der Waals surface area contributed by atoms with Gasteiger partial charge in [-0.15, -0.1) is 0 Å². The number of aliphatic hydroxyl groups is 1. The van der Waals surface area contributed by atoms with Gasteiger partial charge in [-0.3, -0.25) is 0 Å². The summed E-state index contributed by atoms with van der Waals surface area (Å²) in [6, 6.07) is 1.93. The van der Waals surface area contributed by atoms with Crippen LogP contribution in [0.25, 0.3) is 0 Å². The number of rotatable bonds is 5. The zero-order chi connectivity index (χ0) is 8.81. The molecule has 3 heteroatoms. The Morgan fingerprint density at radius 3 is 3.08 bits per heavy atom. The molecule has 0 fully saturated rings. The van der Waals surface area contributed by atoms with Crippen LogP contribution in [0.4, 0.5) is 0 Å². The number of aliphatic hydroxyl groups excluding tert-OH is 1. The summed E-state index contributed by atoms with van der Waals surface area (Å²) in [6.45, 7) is 3.44. The summed E-state index contributed by atoms with van der Waals surface area (Å²) >= 11 is 0. The van der Waals surface area contributed by atoms with Crippen LogP contribution in [0.2, 0.25) is 0 Å². The lowest BCUT2D eigenvalue weighted by Crippen LogP contribution is -2.18. The number of hydrogen-bond donors (Lipinski definition) is 2. The van der Waals surface area contributed by atoms with E-state index < -0.39 is 0 Å². The quantitative estimate of drug-likeness (QED) is 0.650. The second kappa shape index (κ2) is 4.95. The predicted molar refractivity (Wildman–Crippen MR) is 46.7 cm³/mol. The van der Waals surface area contributed by atoms with Crippen LogP contribution in [0.3, 0.4) is 0 Å². The van der Waals surface area contributed by atoms with Gasteiger partial charge in [0.2, 0.25) is 0 Å².